The number of H-pyrrole nitrogens is 1. The van der Waals surface area contributed by atoms with Gasteiger partial charge >= 0.3 is 0 Å². The van der Waals surface area contributed by atoms with Gasteiger partial charge in [-0.3, -0.25) is 15.5 Å². The lowest BCUT2D eigenvalue weighted by molar-refractivity contribution is -0.134. The fourth-order valence-electron chi connectivity index (χ4n) is 5.73. The van der Waals surface area contributed by atoms with Gasteiger partial charge in [0.25, 0.3) is 0 Å². The molecule has 36 heavy (non-hydrogen) atoms. The topological polar surface area (TPSA) is 77.4 Å². The Labute approximate surface area is 212 Å². The summed E-state index contributed by atoms with van der Waals surface area (Å²) < 4.78 is 0. The van der Waals surface area contributed by atoms with E-state index in [0.29, 0.717) is 6.04 Å². The minimum atomic E-state index is -0.0445. The molecule has 6 heteroatoms. The van der Waals surface area contributed by atoms with Crippen molar-refractivity contribution in [3.63, 3.8) is 0 Å². The van der Waals surface area contributed by atoms with Gasteiger partial charge in [0, 0.05) is 48.2 Å². The number of aromatic nitrogens is 1. The second-order valence-corrected chi connectivity index (χ2v) is 9.61. The Balaban J connectivity index is 0.000000186. The lowest BCUT2D eigenvalue weighted by Crippen LogP contribution is -2.47. The molecule has 186 valence electrons. The highest BCUT2D eigenvalue weighted by Crippen LogP contribution is 2.40. The fraction of sp³-hybridized carbons (Fsp3) is 0.300. The van der Waals surface area contributed by atoms with Gasteiger partial charge < -0.3 is 15.3 Å². The molecule has 1 aliphatic carbocycles. The molecule has 6 rings (SSSR count). The molecule has 1 aliphatic heterocycles. The number of hydrogen-bond acceptors (Lipinski definition) is 4. The van der Waals surface area contributed by atoms with Crippen LogP contribution in [0, 0.1) is 5.92 Å². The van der Waals surface area contributed by atoms with Crippen LogP contribution in [-0.4, -0.2) is 53.4 Å². The maximum Gasteiger partial charge on any atom is 0.230 e. The van der Waals surface area contributed by atoms with Crippen molar-refractivity contribution in [3.05, 3.63) is 84.1 Å². The summed E-state index contributed by atoms with van der Waals surface area (Å²) in [5.74, 6) is 5.58. The Morgan fingerprint density at radius 3 is 2.61 bits per heavy atom. The molecule has 1 amide bonds. The van der Waals surface area contributed by atoms with E-state index in [1.807, 2.05) is 35.2 Å². The first-order chi connectivity index (χ1) is 17.5. The van der Waals surface area contributed by atoms with Crippen molar-refractivity contribution in [2.45, 2.75) is 26.3 Å². The average Bonchev–Trinajstić information content (AvgIpc) is 3.34. The molecule has 1 aromatic heterocycles. The smallest absolute Gasteiger partial charge is 0.230 e. The van der Waals surface area contributed by atoms with E-state index < -0.39 is 0 Å². The number of hydrogen-bond donors (Lipinski definition) is 3. The zero-order valence-electron chi connectivity index (χ0n) is 21.3. The van der Waals surface area contributed by atoms with Gasteiger partial charge in [-0.1, -0.05) is 54.6 Å². The summed E-state index contributed by atoms with van der Waals surface area (Å²) in [4.78, 5) is 20.6. The molecule has 4 N–H and O–H groups in total. The Kier molecular flexibility index (Phi) is 6.81. The number of nitrogens with one attached hydrogen (secondary N) is 2. The normalized spacial score (nSPS) is 18.7. The first-order valence-electron chi connectivity index (χ1n) is 12.8. The number of aromatic amines is 1. The third-order valence-corrected chi connectivity index (χ3v) is 7.61. The van der Waals surface area contributed by atoms with Gasteiger partial charge in [0.2, 0.25) is 5.91 Å². The number of carbonyl (C=O) groups excluding carboxylic acids is 1. The van der Waals surface area contributed by atoms with Gasteiger partial charge in [-0.25, -0.2) is 0 Å². The Hall–Kier alpha value is -3.61. The number of anilines is 1. The zero-order valence-corrected chi connectivity index (χ0v) is 21.3. The van der Waals surface area contributed by atoms with E-state index in [9.17, 15) is 4.79 Å². The minimum absolute atomic E-state index is 0.0445. The highest BCUT2D eigenvalue weighted by atomic mass is 16.2. The van der Waals surface area contributed by atoms with Crippen LogP contribution < -0.4 is 11.3 Å². The van der Waals surface area contributed by atoms with Crippen molar-refractivity contribution in [1.82, 2.24) is 14.8 Å². The van der Waals surface area contributed by atoms with Crippen molar-refractivity contribution in [3.8, 4) is 0 Å². The van der Waals surface area contributed by atoms with Crippen molar-refractivity contribution in [2.24, 2.45) is 11.8 Å². The van der Waals surface area contributed by atoms with Crippen LogP contribution in [0.5, 0.6) is 0 Å². The monoisotopic (exact) mass is 481 g/mol. The van der Waals surface area contributed by atoms with Gasteiger partial charge in [-0.15, -0.1) is 0 Å². The summed E-state index contributed by atoms with van der Waals surface area (Å²) in [7, 11) is 2.15. The lowest BCUT2D eigenvalue weighted by atomic mass is 9.79. The van der Waals surface area contributed by atoms with E-state index in [2.05, 4.69) is 78.8 Å². The maximum atomic E-state index is 12.9. The van der Waals surface area contributed by atoms with Gasteiger partial charge in [-0.2, -0.15) is 0 Å². The molecule has 0 spiro atoms. The zero-order chi connectivity index (χ0) is 25.2. The standard InChI is InChI=1S/C20H25N3O.C10H10N2/c1-4-23(5-2)20(24)14-9-16-15-7-6-8-17-19(15)13(11-21-17)10-18(16)22(3)12-14;11-12-10-7-3-5-8-4-1-2-6-9(8)10/h6-9,11,14,18,21H,4-5,10,12H2,1-3H3;1-7,12H,11H2/t14-,18-;/m1./s1. The van der Waals surface area contributed by atoms with Crippen molar-refractivity contribution >= 4 is 38.8 Å². The fourth-order valence-corrected chi connectivity index (χ4v) is 5.73. The van der Waals surface area contributed by atoms with Crippen molar-refractivity contribution in [1.29, 1.82) is 0 Å². The number of hydrazine groups is 1. The number of benzene rings is 3. The molecule has 0 fully saturated rings. The third-order valence-electron chi connectivity index (χ3n) is 7.61. The Morgan fingerprint density at radius 1 is 1.08 bits per heavy atom. The Morgan fingerprint density at radius 2 is 1.83 bits per heavy atom. The van der Waals surface area contributed by atoms with Crippen LogP contribution in [-0.2, 0) is 11.2 Å². The summed E-state index contributed by atoms with van der Waals surface area (Å²) in [5.41, 5.74) is 8.84. The molecule has 0 saturated heterocycles. The van der Waals surface area contributed by atoms with E-state index >= 15 is 0 Å². The SMILES string of the molecule is CCN(CC)C(=O)[C@@H]1C=C2c3cccc4[nH]cc(c34)C[C@H]2N(C)C1.NNc1cccc2ccccc12. The number of fused-ring (bicyclic) bond motifs is 3. The van der Waals surface area contributed by atoms with E-state index in [1.54, 1.807) is 0 Å². The van der Waals surface area contributed by atoms with E-state index in [0.717, 1.165) is 37.1 Å². The van der Waals surface area contributed by atoms with Gasteiger partial charge in [0.1, 0.15) is 0 Å². The number of rotatable bonds is 4. The predicted octanol–water partition coefficient (Wildman–Crippen LogP) is 5.03. The van der Waals surface area contributed by atoms with Crippen molar-refractivity contribution in [2.75, 3.05) is 32.1 Å². The molecule has 6 nitrogen and oxygen atoms in total. The largest absolute Gasteiger partial charge is 0.361 e. The number of nitrogens with zero attached hydrogens (tertiary/aromatic N) is 2. The van der Waals surface area contributed by atoms with E-state index in [4.69, 9.17) is 5.84 Å². The highest BCUT2D eigenvalue weighted by Gasteiger charge is 2.36. The number of nitrogen functional groups attached to an aromatic ring is 1. The molecule has 2 aliphatic rings. The maximum absolute atomic E-state index is 12.9. The highest BCUT2D eigenvalue weighted by molar-refractivity contribution is 5.99. The molecular weight excluding hydrogens is 446 g/mol. The molecule has 2 heterocycles. The van der Waals surface area contributed by atoms with Crippen LogP contribution in [0.2, 0.25) is 0 Å². The second-order valence-electron chi connectivity index (χ2n) is 9.61. The molecule has 4 aromatic rings. The molecule has 0 unspecified atom stereocenters. The van der Waals surface area contributed by atoms with E-state index in [-0.39, 0.29) is 11.8 Å². The first kappa shape index (κ1) is 24.1. The van der Waals surface area contributed by atoms with Crippen LogP contribution in [0.4, 0.5) is 5.69 Å². The average molecular weight is 482 g/mol. The first-order valence-corrected chi connectivity index (χ1v) is 12.8. The van der Waals surface area contributed by atoms with Crippen LogP contribution in [0.15, 0.2) is 72.9 Å². The van der Waals surface area contributed by atoms with Gasteiger partial charge in [0.05, 0.1) is 11.6 Å². The molecule has 0 bridgehead atoms. The third kappa shape index (κ3) is 4.27. The summed E-state index contributed by atoms with van der Waals surface area (Å²) in [6, 6.07) is 21.0. The quantitative estimate of drug-likeness (QED) is 0.282. The van der Waals surface area contributed by atoms with Crippen LogP contribution >= 0.6 is 0 Å². The van der Waals surface area contributed by atoms with Crippen molar-refractivity contribution < 1.29 is 4.79 Å². The molecule has 2 atom stereocenters. The van der Waals surface area contributed by atoms with Gasteiger partial charge in [-0.05, 0) is 61.5 Å². The van der Waals surface area contributed by atoms with Crippen LogP contribution in [0.25, 0.3) is 27.2 Å². The molecular formula is C30H35N5O. The summed E-state index contributed by atoms with van der Waals surface area (Å²) >= 11 is 0. The Bertz CT molecular complexity index is 1410. The minimum Gasteiger partial charge on any atom is -0.361 e. The summed E-state index contributed by atoms with van der Waals surface area (Å²) in [5, 5.41) is 3.69. The van der Waals surface area contributed by atoms with Crippen LogP contribution in [0.3, 0.4) is 0 Å². The van der Waals surface area contributed by atoms with E-state index in [1.165, 1.54) is 33.0 Å². The van der Waals surface area contributed by atoms with Gasteiger partial charge in [0.15, 0.2) is 0 Å². The lowest BCUT2D eigenvalue weighted by Gasteiger charge is -2.40. The summed E-state index contributed by atoms with van der Waals surface area (Å²) in [6.45, 7) is 6.47. The molecule has 3 aromatic carbocycles. The number of carbonyl (C=O) groups is 1. The molecule has 0 saturated carbocycles. The number of nitrogens with two attached hydrogens (primary N) is 1. The predicted molar refractivity (Wildman–Crippen MR) is 150 cm³/mol. The second kappa shape index (κ2) is 10.2. The number of likely N-dealkylation sites (N-methyl/N-ethyl adjacent to an activating group) is 1. The summed E-state index contributed by atoms with van der Waals surface area (Å²) in [6.07, 6.45) is 5.41. The van der Waals surface area contributed by atoms with Crippen LogP contribution in [0.1, 0.15) is 25.0 Å². The number of amides is 1. The molecule has 0 radical (unpaired) electrons.